The molecule has 0 bridgehead atoms. The fourth-order valence-electron chi connectivity index (χ4n) is 2.59. The summed E-state index contributed by atoms with van der Waals surface area (Å²) in [6.45, 7) is 2.52. The van der Waals surface area contributed by atoms with Gasteiger partial charge in [-0.05, 0) is 48.8 Å². The molecule has 1 aromatic carbocycles. The van der Waals surface area contributed by atoms with Crippen molar-refractivity contribution in [3.63, 3.8) is 0 Å². The number of hydrogen-bond acceptors (Lipinski definition) is 2. The summed E-state index contributed by atoms with van der Waals surface area (Å²) < 4.78 is 13.1. The molecule has 1 aliphatic carbocycles. The number of carbonyl (C=O) groups is 1. The summed E-state index contributed by atoms with van der Waals surface area (Å²) in [6.07, 6.45) is 3.50. The number of hydrogen-bond donors (Lipinski definition) is 2. The molecule has 3 N–H and O–H groups in total. The molecule has 0 spiro atoms. The summed E-state index contributed by atoms with van der Waals surface area (Å²) in [4.78, 5) is 12.0. The SMILES string of the molecule is CC(CC(=O)NC(CN)C1CC1)Cc1cccc(F)c1. The summed E-state index contributed by atoms with van der Waals surface area (Å²) in [7, 11) is 0. The van der Waals surface area contributed by atoms with Crippen LogP contribution in [0, 0.1) is 17.7 Å². The Morgan fingerprint density at radius 3 is 2.85 bits per heavy atom. The predicted octanol–water partition coefficient (Wildman–Crippen LogP) is 2.25. The molecule has 0 aliphatic heterocycles. The first-order chi connectivity index (χ1) is 9.58. The van der Waals surface area contributed by atoms with Gasteiger partial charge in [0.15, 0.2) is 0 Å². The van der Waals surface area contributed by atoms with Crippen molar-refractivity contribution in [1.29, 1.82) is 0 Å². The van der Waals surface area contributed by atoms with Crippen molar-refractivity contribution in [3.05, 3.63) is 35.6 Å². The second-order valence-corrected chi connectivity index (χ2v) is 5.89. The van der Waals surface area contributed by atoms with E-state index in [-0.39, 0.29) is 23.7 Å². The summed E-state index contributed by atoms with van der Waals surface area (Å²) in [5, 5.41) is 3.02. The molecule has 2 unspecified atom stereocenters. The van der Waals surface area contributed by atoms with Crippen LogP contribution >= 0.6 is 0 Å². The summed E-state index contributed by atoms with van der Waals surface area (Å²) >= 11 is 0. The predicted molar refractivity (Wildman–Crippen MR) is 77.6 cm³/mol. The molecule has 20 heavy (non-hydrogen) atoms. The third-order valence-electron chi connectivity index (χ3n) is 3.80. The minimum atomic E-state index is -0.226. The van der Waals surface area contributed by atoms with Gasteiger partial charge in [0.25, 0.3) is 0 Å². The van der Waals surface area contributed by atoms with E-state index in [1.54, 1.807) is 6.07 Å². The Morgan fingerprint density at radius 2 is 2.25 bits per heavy atom. The highest BCUT2D eigenvalue weighted by Gasteiger charge is 2.31. The van der Waals surface area contributed by atoms with Gasteiger partial charge in [-0.3, -0.25) is 4.79 Å². The van der Waals surface area contributed by atoms with Crippen molar-refractivity contribution < 1.29 is 9.18 Å². The standard InChI is InChI=1S/C16H23FN2O/c1-11(7-12-3-2-4-14(17)9-12)8-16(20)19-15(10-18)13-5-6-13/h2-4,9,11,13,15H,5-8,10,18H2,1H3,(H,19,20). The molecule has 1 amide bonds. The van der Waals surface area contributed by atoms with Crippen LogP contribution in [0.5, 0.6) is 0 Å². The van der Waals surface area contributed by atoms with Gasteiger partial charge >= 0.3 is 0 Å². The summed E-state index contributed by atoms with van der Waals surface area (Å²) in [5.41, 5.74) is 6.61. The maximum atomic E-state index is 13.1. The molecule has 110 valence electrons. The molecule has 0 heterocycles. The number of nitrogens with two attached hydrogens (primary N) is 1. The Morgan fingerprint density at radius 1 is 1.50 bits per heavy atom. The minimum Gasteiger partial charge on any atom is -0.352 e. The molecule has 1 fully saturated rings. The number of amides is 1. The van der Waals surface area contributed by atoms with E-state index >= 15 is 0 Å². The monoisotopic (exact) mass is 278 g/mol. The van der Waals surface area contributed by atoms with E-state index in [2.05, 4.69) is 5.32 Å². The lowest BCUT2D eigenvalue weighted by Crippen LogP contribution is -2.42. The first-order valence-corrected chi connectivity index (χ1v) is 7.32. The average Bonchev–Trinajstić information content (AvgIpc) is 3.20. The molecule has 0 radical (unpaired) electrons. The van der Waals surface area contributed by atoms with Gasteiger partial charge in [-0.25, -0.2) is 4.39 Å². The number of carbonyl (C=O) groups excluding carboxylic acids is 1. The van der Waals surface area contributed by atoms with E-state index in [4.69, 9.17) is 5.73 Å². The van der Waals surface area contributed by atoms with Gasteiger partial charge in [0.05, 0.1) is 0 Å². The van der Waals surface area contributed by atoms with Crippen molar-refractivity contribution in [2.75, 3.05) is 6.54 Å². The molecule has 2 atom stereocenters. The Hall–Kier alpha value is -1.42. The molecule has 1 aromatic rings. The first-order valence-electron chi connectivity index (χ1n) is 7.32. The van der Waals surface area contributed by atoms with E-state index in [9.17, 15) is 9.18 Å². The zero-order valence-electron chi connectivity index (χ0n) is 11.9. The van der Waals surface area contributed by atoms with Gasteiger partial charge in [-0.2, -0.15) is 0 Å². The molecular formula is C16H23FN2O. The highest BCUT2D eigenvalue weighted by atomic mass is 19.1. The second-order valence-electron chi connectivity index (χ2n) is 5.89. The Balaban J connectivity index is 1.78. The van der Waals surface area contributed by atoms with Crippen LogP contribution in [-0.2, 0) is 11.2 Å². The van der Waals surface area contributed by atoms with Crippen molar-refractivity contribution in [1.82, 2.24) is 5.32 Å². The second kappa shape index (κ2) is 6.84. The van der Waals surface area contributed by atoms with Gasteiger partial charge in [0.1, 0.15) is 5.82 Å². The third-order valence-corrected chi connectivity index (χ3v) is 3.80. The average molecular weight is 278 g/mol. The van der Waals surface area contributed by atoms with Gasteiger partial charge in [0.2, 0.25) is 5.91 Å². The lowest BCUT2D eigenvalue weighted by Gasteiger charge is -2.18. The Bertz CT molecular complexity index is 460. The normalized spacial score (nSPS) is 17.6. The van der Waals surface area contributed by atoms with Crippen molar-refractivity contribution >= 4 is 5.91 Å². The molecule has 2 rings (SSSR count). The van der Waals surface area contributed by atoms with Gasteiger partial charge < -0.3 is 11.1 Å². The zero-order valence-corrected chi connectivity index (χ0v) is 11.9. The van der Waals surface area contributed by atoms with E-state index < -0.39 is 0 Å². The fraction of sp³-hybridized carbons (Fsp3) is 0.562. The van der Waals surface area contributed by atoms with Crippen LogP contribution < -0.4 is 11.1 Å². The Kier molecular flexibility index (Phi) is 5.12. The maximum Gasteiger partial charge on any atom is 0.220 e. The van der Waals surface area contributed by atoms with E-state index in [0.29, 0.717) is 25.3 Å². The van der Waals surface area contributed by atoms with E-state index in [1.807, 2.05) is 13.0 Å². The van der Waals surface area contributed by atoms with Crippen LogP contribution in [0.15, 0.2) is 24.3 Å². The van der Waals surface area contributed by atoms with E-state index in [0.717, 1.165) is 5.56 Å². The van der Waals surface area contributed by atoms with Crippen LogP contribution in [0.2, 0.25) is 0 Å². The van der Waals surface area contributed by atoms with Gasteiger partial charge in [-0.15, -0.1) is 0 Å². The zero-order chi connectivity index (χ0) is 14.5. The number of benzene rings is 1. The van der Waals surface area contributed by atoms with Gasteiger partial charge in [-0.1, -0.05) is 19.1 Å². The number of halogens is 1. The fourth-order valence-corrected chi connectivity index (χ4v) is 2.59. The molecule has 1 aliphatic rings. The molecule has 0 aromatic heterocycles. The van der Waals surface area contributed by atoms with Crippen molar-refractivity contribution in [3.8, 4) is 0 Å². The quantitative estimate of drug-likeness (QED) is 0.803. The Labute approximate surface area is 119 Å². The molecule has 4 heteroatoms. The molecule has 3 nitrogen and oxygen atoms in total. The maximum absolute atomic E-state index is 13.1. The molecule has 1 saturated carbocycles. The van der Waals surface area contributed by atoms with Crippen molar-refractivity contribution in [2.24, 2.45) is 17.6 Å². The topological polar surface area (TPSA) is 55.1 Å². The highest BCUT2D eigenvalue weighted by Crippen LogP contribution is 2.32. The minimum absolute atomic E-state index is 0.0521. The number of nitrogens with one attached hydrogen (secondary N) is 1. The van der Waals surface area contributed by atoms with Crippen LogP contribution in [0.3, 0.4) is 0 Å². The largest absolute Gasteiger partial charge is 0.352 e. The first kappa shape index (κ1) is 15.0. The van der Waals surface area contributed by atoms with Crippen LogP contribution in [0.25, 0.3) is 0 Å². The summed E-state index contributed by atoms with van der Waals surface area (Å²) in [6, 6.07) is 6.69. The third kappa shape index (κ3) is 4.60. The number of rotatable bonds is 7. The highest BCUT2D eigenvalue weighted by molar-refractivity contribution is 5.76. The van der Waals surface area contributed by atoms with Crippen LogP contribution in [0.1, 0.15) is 31.7 Å². The summed E-state index contributed by atoms with van der Waals surface area (Å²) in [5.74, 6) is 0.587. The van der Waals surface area contributed by atoms with Gasteiger partial charge in [0, 0.05) is 19.0 Å². The van der Waals surface area contributed by atoms with Crippen molar-refractivity contribution in [2.45, 2.75) is 38.6 Å². The smallest absolute Gasteiger partial charge is 0.220 e. The lowest BCUT2D eigenvalue weighted by atomic mass is 9.97. The molecular weight excluding hydrogens is 255 g/mol. The lowest BCUT2D eigenvalue weighted by molar-refractivity contribution is -0.122. The van der Waals surface area contributed by atoms with E-state index in [1.165, 1.54) is 25.0 Å². The van der Waals surface area contributed by atoms with Crippen LogP contribution in [0.4, 0.5) is 4.39 Å². The molecule has 0 saturated heterocycles. The van der Waals surface area contributed by atoms with Crippen LogP contribution in [-0.4, -0.2) is 18.5 Å².